The van der Waals surface area contributed by atoms with E-state index in [0.29, 0.717) is 5.75 Å². The van der Waals surface area contributed by atoms with Crippen molar-refractivity contribution in [2.75, 3.05) is 5.33 Å². The molecule has 0 amide bonds. The monoisotopic (exact) mass is 278 g/mol. The van der Waals surface area contributed by atoms with Gasteiger partial charge in [0, 0.05) is 5.33 Å². The lowest BCUT2D eigenvalue weighted by Gasteiger charge is -2.12. The molecular weight excluding hydrogens is 266 g/mol. The van der Waals surface area contributed by atoms with Crippen molar-refractivity contribution in [1.29, 1.82) is 0 Å². The molecule has 0 bridgehead atoms. The summed E-state index contributed by atoms with van der Waals surface area (Å²) in [4.78, 5) is 0. The van der Waals surface area contributed by atoms with Crippen LogP contribution in [-0.4, -0.2) is 11.9 Å². The Labute approximate surface area is 96.6 Å². The zero-order valence-corrected chi connectivity index (χ0v) is 10.1. The van der Waals surface area contributed by atoms with E-state index in [2.05, 4.69) is 20.7 Å². The SMILES string of the molecule is Cc1cccc(OC(F)F)c1CCCBr. The second-order valence-corrected chi connectivity index (χ2v) is 4.02. The van der Waals surface area contributed by atoms with Crippen LogP contribution in [0, 0.1) is 6.92 Å². The fraction of sp³-hybridized carbons (Fsp3) is 0.455. The highest BCUT2D eigenvalue weighted by atomic mass is 79.9. The van der Waals surface area contributed by atoms with Crippen LogP contribution in [0.5, 0.6) is 5.75 Å². The molecule has 0 unspecified atom stereocenters. The first-order valence-electron chi connectivity index (χ1n) is 4.74. The van der Waals surface area contributed by atoms with E-state index in [1.165, 1.54) is 0 Å². The highest BCUT2D eigenvalue weighted by molar-refractivity contribution is 9.09. The third kappa shape index (κ3) is 3.78. The van der Waals surface area contributed by atoms with Crippen molar-refractivity contribution in [1.82, 2.24) is 0 Å². The van der Waals surface area contributed by atoms with Crippen LogP contribution in [0.4, 0.5) is 8.78 Å². The van der Waals surface area contributed by atoms with Gasteiger partial charge in [-0.2, -0.15) is 8.78 Å². The highest BCUT2D eigenvalue weighted by Crippen LogP contribution is 2.25. The summed E-state index contributed by atoms with van der Waals surface area (Å²) in [5.74, 6) is 0.297. The van der Waals surface area contributed by atoms with Gasteiger partial charge in [0.15, 0.2) is 0 Å². The molecule has 0 atom stereocenters. The molecule has 1 nitrogen and oxygen atoms in total. The van der Waals surface area contributed by atoms with Crippen LogP contribution < -0.4 is 4.74 Å². The minimum Gasteiger partial charge on any atom is -0.435 e. The molecule has 4 heteroatoms. The summed E-state index contributed by atoms with van der Waals surface area (Å²) in [5, 5.41) is 0.857. The topological polar surface area (TPSA) is 9.23 Å². The largest absolute Gasteiger partial charge is 0.435 e. The van der Waals surface area contributed by atoms with Crippen molar-refractivity contribution < 1.29 is 13.5 Å². The molecule has 0 aromatic heterocycles. The predicted octanol–water partition coefficient (Wildman–Crippen LogP) is 3.92. The maximum Gasteiger partial charge on any atom is 0.387 e. The number of hydrogen-bond acceptors (Lipinski definition) is 1. The molecule has 0 spiro atoms. The molecule has 0 fully saturated rings. The minimum atomic E-state index is -2.76. The number of alkyl halides is 3. The first-order valence-corrected chi connectivity index (χ1v) is 5.86. The van der Waals surface area contributed by atoms with E-state index < -0.39 is 6.61 Å². The van der Waals surface area contributed by atoms with E-state index in [-0.39, 0.29) is 0 Å². The van der Waals surface area contributed by atoms with E-state index in [0.717, 1.165) is 29.3 Å². The predicted molar refractivity (Wildman–Crippen MR) is 59.9 cm³/mol. The molecule has 0 aliphatic rings. The van der Waals surface area contributed by atoms with Gasteiger partial charge in [0.05, 0.1) is 0 Å². The van der Waals surface area contributed by atoms with Gasteiger partial charge in [0.25, 0.3) is 0 Å². The Bertz CT molecular complexity index is 315. The van der Waals surface area contributed by atoms with E-state index >= 15 is 0 Å². The summed E-state index contributed by atoms with van der Waals surface area (Å²) >= 11 is 3.32. The number of rotatable bonds is 5. The van der Waals surface area contributed by atoms with Crippen LogP contribution in [-0.2, 0) is 6.42 Å². The van der Waals surface area contributed by atoms with Crippen LogP contribution in [0.15, 0.2) is 18.2 Å². The zero-order chi connectivity index (χ0) is 11.3. The van der Waals surface area contributed by atoms with Crippen molar-refractivity contribution >= 4 is 15.9 Å². The van der Waals surface area contributed by atoms with Gasteiger partial charge >= 0.3 is 6.61 Å². The van der Waals surface area contributed by atoms with E-state index in [1.807, 2.05) is 13.0 Å². The number of hydrogen-bond donors (Lipinski definition) is 0. The van der Waals surface area contributed by atoms with Gasteiger partial charge in [-0.05, 0) is 37.0 Å². The van der Waals surface area contributed by atoms with Crippen molar-refractivity contribution in [2.24, 2.45) is 0 Å². The number of ether oxygens (including phenoxy) is 1. The van der Waals surface area contributed by atoms with Gasteiger partial charge < -0.3 is 4.74 Å². The molecule has 1 aromatic carbocycles. The molecule has 84 valence electrons. The molecule has 0 saturated heterocycles. The Morgan fingerprint density at radius 1 is 1.40 bits per heavy atom. The molecule has 0 N–H and O–H groups in total. The van der Waals surface area contributed by atoms with Crippen LogP contribution in [0.2, 0.25) is 0 Å². The lowest BCUT2D eigenvalue weighted by atomic mass is 10.0. The Hall–Kier alpha value is -0.640. The van der Waals surface area contributed by atoms with E-state index in [1.54, 1.807) is 12.1 Å². The van der Waals surface area contributed by atoms with Crippen LogP contribution >= 0.6 is 15.9 Å². The molecule has 0 aliphatic carbocycles. The molecule has 0 heterocycles. The lowest BCUT2D eigenvalue weighted by molar-refractivity contribution is -0.0504. The van der Waals surface area contributed by atoms with Gasteiger partial charge in [-0.25, -0.2) is 0 Å². The number of halogens is 3. The summed E-state index contributed by atoms with van der Waals surface area (Å²) in [6.45, 7) is -0.850. The smallest absolute Gasteiger partial charge is 0.387 e. The first-order chi connectivity index (χ1) is 7.15. The van der Waals surface area contributed by atoms with Crippen LogP contribution in [0.1, 0.15) is 17.5 Å². The highest BCUT2D eigenvalue weighted by Gasteiger charge is 2.10. The standard InChI is InChI=1S/C11H13BrF2O/c1-8-4-2-6-10(15-11(13)14)9(8)5-3-7-12/h2,4,6,11H,3,5,7H2,1H3. The van der Waals surface area contributed by atoms with Crippen LogP contribution in [0.25, 0.3) is 0 Å². The van der Waals surface area contributed by atoms with Gasteiger partial charge in [-0.15, -0.1) is 0 Å². The maximum atomic E-state index is 12.1. The van der Waals surface area contributed by atoms with Gasteiger partial charge in [0.1, 0.15) is 5.75 Å². The van der Waals surface area contributed by atoms with Crippen molar-refractivity contribution in [3.05, 3.63) is 29.3 Å². The van der Waals surface area contributed by atoms with Crippen LogP contribution in [0.3, 0.4) is 0 Å². The molecule has 0 aliphatic heterocycles. The normalized spacial score (nSPS) is 10.7. The molecular formula is C11H13BrF2O. The van der Waals surface area contributed by atoms with Gasteiger partial charge in [-0.1, -0.05) is 28.1 Å². The maximum absolute atomic E-state index is 12.1. The van der Waals surface area contributed by atoms with Gasteiger partial charge in [-0.3, -0.25) is 0 Å². The third-order valence-corrected chi connectivity index (χ3v) is 2.70. The fourth-order valence-corrected chi connectivity index (χ4v) is 1.73. The summed E-state index contributed by atoms with van der Waals surface area (Å²) in [6.07, 6.45) is 1.66. The Morgan fingerprint density at radius 2 is 2.13 bits per heavy atom. The van der Waals surface area contributed by atoms with Crippen molar-refractivity contribution in [3.8, 4) is 5.75 Å². The minimum absolute atomic E-state index is 0.297. The first kappa shape index (κ1) is 12.4. The summed E-state index contributed by atoms with van der Waals surface area (Å²) in [6, 6.07) is 5.22. The Kier molecular flexibility index (Phi) is 5.02. The summed E-state index contributed by atoms with van der Waals surface area (Å²) in [5.41, 5.74) is 1.87. The molecule has 15 heavy (non-hydrogen) atoms. The quantitative estimate of drug-likeness (QED) is 0.742. The molecule has 1 rings (SSSR count). The Balaban J connectivity index is 2.87. The second-order valence-electron chi connectivity index (χ2n) is 3.22. The molecule has 0 saturated carbocycles. The zero-order valence-electron chi connectivity index (χ0n) is 8.47. The average Bonchev–Trinajstić information content (AvgIpc) is 2.16. The fourth-order valence-electron chi connectivity index (χ4n) is 1.45. The van der Waals surface area contributed by atoms with Gasteiger partial charge in [0.2, 0.25) is 0 Å². The lowest BCUT2D eigenvalue weighted by Crippen LogP contribution is -2.05. The second kappa shape index (κ2) is 6.05. The molecule has 1 aromatic rings. The average molecular weight is 279 g/mol. The van der Waals surface area contributed by atoms with E-state index in [4.69, 9.17) is 0 Å². The Morgan fingerprint density at radius 3 is 2.73 bits per heavy atom. The van der Waals surface area contributed by atoms with Crippen molar-refractivity contribution in [2.45, 2.75) is 26.4 Å². The number of benzene rings is 1. The van der Waals surface area contributed by atoms with E-state index in [9.17, 15) is 8.78 Å². The summed E-state index contributed by atoms with van der Waals surface area (Å²) in [7, 11) is 0. The third-order valence-electron chi connectivity index (χ3n) is 2.14. The molecule has 0 radical (unpaired) electrons. The van der Waals surface area contributed by atoms with Crippen molar-refractivity contribution in [3.63, 3.8) is 0 Å². The summed E-state index contributed by atoms with van der Waals surface area (Å²) < 4.78 is 28.7. The number of aryl methyl sites for hydroxylation is 1.